The van der Waals surface area contributed by atoms with E-state index in [4.69, 9.17) is 17.0 Å². The Hall–Kier alpha value is -1.40. The van der Waals surface area contributed by atoms with Crippen molar-refractivity contribution in [2.45, 2.75) is 25.2 Å². The Balaban J connectivity index is 0.000000167. The third-order valence-electron chi connectivity index (χ3n) is 5.33. The van der Waals surface area contributed by atoms with Crippen molar-refractivity contribution in [1.82, 2.24) is 0 Å². The second-order valence-electron chi connectivity index (χ2n) is 7.13. The van der Waals surface area contributed by atoms with Crippen LogP contribution in [0.2, 0.25) is 0 Å². The molecule has 0 spiro atoms. The number of benzene rings is 3. The molecule has 2 aliphatic rings. The first kappa shape index (κ1) is 23.3. The van der Waals surface area contributed by atoms with Gasteiger partial charge in [-0.05, 0) is 16.7 Å². The van der Waals surface area contributed by atoms with E-state index in [-0.39, 0.29) is 0 Å². The third kappa shape index (κ3) is 5.85. The molecule has 0 radical (unpaired) electrons. The Morgan fingerprint density at radius 1 is 0.900 bits per heavy atom. The van der Waals surface area contributed by atoms with Crippen molar-refractivity contribution in [1.29, 1.82) is 0 Å². The second kappa shape index (κ2) is 11.8. The predicted molar refractivity (Wildman–Crippen MR) is 127 cm³/mol. The molecule has 2 aliphatic carbocycles. The molecule has 0 heterocycles. The number of allylic oxidation sites excluding steroid dienone is 2. The fraction of sp³-hybridized carbons (Fsp3) is 0.148. The Bertz CT molecular complexity index is 1020. The van der Waals surface area contributed by atoms with Gasteiger partial charge >= 0.3 is 37.9 Å². The average Bonchev–Trinajstić information content (AvgIpc) is 3.39. The van der Waals surface area contributed by atoms with E-state index in [0.29, 0.717) is 11.8 Å². The van der Waals surface area contributed by atoms with Gasteiger partial charge in [0.25, 0.3) is 0 Å². The molecule has 2 atom stereocenters. The van der Waals surface area contributed by atoms with Crippen LogP contribution in [-0.2, 0) is 27.3 Å². The van der Waals surface area contributed by atoms with Gasteiger partial charge in [-0.25, -0.2) is 0 Å². The molecule has 0 amide bonds. The van der Waals surface area contributed by atoms with Crippen molar-refractivity contribution in [3.05, 3.63) is 125 Å². The zero-order valence-corrected chi connectivity index (χ0v) is 21.0. The molecule has 0 nitrogen and oxygen atoms in total. The van der Waals surface area contributed by atoms with E-state index in [1.54, 1.807) is 0 Å². The van der Waals surface area contributed by atoms with Gasteiger partial charge < -0.3 is 6.92 Å². The summed E-state index contributed by atoms with van der Waals surface area (Å²) in [6.45, 7) is 6.17. The number of aryl methyl sites for hydroxylation is 1. The summed E-state index contributed by atoms with van der Waals surface area (Å²) in [5, 5.41) is 0. The Labute approximate surface area is 199 Å². The molecule has 150 valence electrons. The molecule has 0 saturated heterocycles. The molecule has 30 heavy (non-hydrogen) atoms. The van der Waals surface area contributed by atoms with Gasteiger partial charge in [-0.3, -0.25) is 0 Å². The van der Waals surface area contributed by atoms with Crippen molar-refractivity contribution in [2.24, 2.45) is 0 Å². The Kier molecular flexibility index (Phi) is 9.19. The summed E-state index contributed by atoms with van der Waals surface area (Å²) in [6.07, 6.45) is 9.82. The minimum absolute atomic E-state index is 0.371. The molecule has 3 aromatic rings. The summed E-state index contributed by atoms with van der Waals surface area (Å²) < 4.78 is 0. The van der Waals surface area contributed by atoms with Crippen molar-refractivity contribution in [3.8, 4) is 0 Å². The van der Waals surface area contributed by atoms with Gasteiger partial charge in [0, 0.05) is 5.92 Å². The fourth-order valence-corrected chi connectivity index (χ4v) is 3.80. The molecule has 0 saturated carbocycles. The van der Waals surface area contributed by atoms with Gasteiger partial charge in [-0.15, -0.1) is 17.6 Å². The summed E-state index contributed by atoms with van der Waals surface area (Å²) in [4.78, 5) is 0. The van der Waals surface area contributed by atoms with E-state index >= 15 is 0 Å². The topological polar surface area (TPSA) is 0 Å². The van der Waals surface area contributed by atoms with Crippen LogP contribution in [0.3, 0.4) is 0 Å². The van der Waals surface area contributed by atoms with Gasteiger partial charge in [0.2, 0.25) is 0 Å². The first-order valence-corrected chi connectivity index (χ1v) is 16.3. The van der Waals surface area contributed by atoms with E-state index < -0.39 is 20.8 Å². The molecule has 0 aliphatic heterocycles. The van der Waals surface area contributed by atoms with Crippen LogP contribution in [0.1, 0.15) is 52.1 Å². The standard InChI is InChI=1S/C17H15.C10H9.2ClH.Zr/c1-2-13-6-5-8-15(12-13)17-11-10-14-7-3-4-9-16(14)17;1-8-6-7-9-4-2-3-5-10(8)9;;;/h3-5,7-12,17H,2H2,1H3;2-8H,1H2;2*1H;/q2*-1;;;+4/p-2. The summed E-state index contributed by atoms with van der Waals surface area (Å²) in [6, 6.07) is 26.8. The quantitative estimate of drug-likeness (QED) is 0.305. The van der Waals surface area contributed by atoms with Gasteiger partial charge in [0.1, 0.15) is 0 Å². The average molecular weight is 511 g/mol. The third-order valence-corrected chi connectivity index (χ3v) is 5.33. The van der Waals surface area contributed by atoms with Gasteiger partial charge in [0.15, 0.2) is 0 Å². The van der Waals surface area contributed by atoms with Crippen LogP contribution in [0.25, 0.3) is 12.2 Å². The van der Waals surface area contributed by atoms with Crippen LogP contribution in [-0.4, -0.2) is 0 Å². The first-order chi connectivity index (χ1) is 14.7. The van der Waals surface area contributed by atoms with E-state index in [0.717, 1.165) is 6.42 Å². The van der Waals surface area contributed by atoms with Crippen molar-refractivity contribution < 1.29 is 20.8 Å². The summed E-state index contributed by atoms with van der Waals surface area (Å²) in [5.74, 6) is 0.794. The van der Waals surface area contributed by atoms with E-state index in [1.165, 1.54) is 33.4 Å². The van der Waals surface area contributed by atoms with Crippen LogP contribution >= 0.6 is 17.0 Å². The number of hydrogen-bond acceptors (Lipinski definition) is 0. The molecule has 3 aromatic carbocycles. The molecule has 0 fully saturated rings. The Morgan fingerprint density at radius 2 is 1.50 bits per heavy atom. The van der Waals surface area contributed by atoms with Crippen molar-refractivity contribution in [3.63, 3.8) is 0 Å². The number of fused-ring (bicyclic) bond motifs is 2. The number of halogens is 2. The van der Waals surface area contributed by atoms with Crippen LogP contribution in [0.15, 0.2) is 78.9 Å². The van der Waals surface area contributed by atoms with Gasteiger partial charge in [0.05, 0.1) is 0 Å². The minimum atomic E-state index is -0.826. The van der Waals surface area contributed by atoms with E-state index in [1.807, 2.05) is 6.07 Å². The molecular weight excluding hydrogens is 486 g/mol. The van der Waals surface area contributed by atoms with Gasteiger partial charge in [-0.2, -0.15) is 29.8 Å². The number of hydrogen-bond donors (Lipinski definition) is 0. The maximum atomic E-state index is 4.93. The molecular formula is C27H24Cl2Zr. The number of rotatable bonds is 2. The van der Waals surface area contributed by atoms with Crippen LogP contribution in [0, 0.1) is 13.0 Å². The summed E-state index contributed by atoms with van der Waals surface area (Å²) in [7, 11) is 9.87. The Morgan fingerprint density at radius 3 is 2.17 bits per heavy atom. The zero-order chi connectivity index (χ0) is 21.3. The maximum absolute atomic E-state index is 4.93. The first-order valence-electron chi connectivity index (χ1n) is 10.0. The summed E-state index contributed by atoms with van der Waals surface area (Å²) in [5.41, 5.74) is 8.11. The van der Waals surface area contributed by atoms with Crippen LogP contribution in [0.4, 0.5) is 0 Å². The van der Waals surface area contributed by atoms with Gasteiger partial charge in [-0.1, -0.05) is 85.7 Å². The molecule has 5 rings (SSSR count). The van der Waals surface area contributed by atoms with E-state index in [2.05, 4.69) is 105 Å². The van der Waals surface area contributed by atoms with Crippen molar-refractivity contribution in [2.75, 3.05) is 0 Å². The predicted octanol–water partition coefficient (Wildman–Crippen LogP) is 8.22. The second-order valence-corrected chi connectivity index (χ2v) is 10.9. The molecule has 3 heteroatoms. The SMILES string of the molecule is CCc1[c-]ccc(C2C=Cc3ccccc32)c1.[CH2-]C1C=Cc2ccccc21.[Cl][Zr+2][Cl]. The zero-order valence-electron chi connectivity index (χ0n) is 17.0. The monoisotopic (exact) mass is 508 g/mol. The van der Waals surface area contributed by atoms with E-state index in [9.17, 15) is 0 Å². The van der Waals surface area contributed by atoms with Crippen molar-refractivity contribution >= 4 is 29.2 Å². The summed E-state index contributed by atoms with van der Waals surface area (Å²) >= 11 is -0.826. The molecule has 0 aromatic heterocycles. The molecule has 0 bridgehead atoms. The molecule has 2 unspecified atom stereocenters. The fourth-order valence-electron chi connectivity index (χ4n) is 3.80. The van der Waals surface area contributed by atoms with Crippen LogP contribution in [0.5, 0.6) is 0 Å². The normalized spacial score (nSPS) is 17.1. The van der Waals surface area contributed by atoms with Crippen LogP contribution < -0.4 is 0 Å². The molecule has 0 N–H and O–H groups in total.